The molecule has 0 radical (unpaired) electrons. The summed E-state index contributed by atoms with van der Waals surface area (Å²) < 4.78 is 24.5. The fraction of sp³-hybridized carbons (Fsp3) is 1.00. The Morgan fingerprint density at radius 3 is 2.57 bits per heavy atom. The van der Waals surface area contributed by atoms with Crippen molar-refractivity contribution in [2.24, 2.45) is 0 Å². The molecular weight excluding hydrogens is 206 g/mol. The zero-order valence-corrected chi connectivity index (χ0v) is 9.29. The lowest BCUT2D eigenvalue weighted by molar-refractivity contribution is 0.131. The normalized spacial score (nSPS) is 35.0. The molecule has 1 saturated heterocycles. The Morgan fingerprint density at radius 1 is 1.57 bits per heavy atom. The highest BCUT2D eigenvalue weighted by atomic mass is 32.2. The summed E-state index contributed by atoms with van der Waals surface area (Å²) in [5.74, 6) is -0.00465. The van der Waals surface area contributed by atoms with Gasteiger partial charge in [0.2, 0.25) is 10.0 Å². The average molecular weight is 223 g/mol. The van der Waals surface area contributed by atoms with Gasteiger partial charge in [0.15, 0.2) is 0 Å². The van der Waals surface area contributed by atoms with E-state index in [2.05, 4.69) is 0 Å². The molecule has 1 aliphatic rings. The second-order valence-corrected chi connectivity index (χ2v) is 6.13. The summed E-state index contributed by atoms with van der Waals surface area (Å²) in [7, 11) is -3.34. The number of nitrogens with zero attached hydrogens (tertiary/aromatic N) is 1. The topological polar surface area (TPSA) is 77.8 Å². The Kier molecular flexibility index (Phi) is 3.20. The second-order valence-electron chi connectivity index (χ2n) is 3.94. The Balaban J connectivity index is 2.99. The van der Waals surface area contributed by atoms with Crippen molar-refractivity contribution in [2.45, 2.75) is 31.9 Å². The zero-order valence-electron chi connectivity index (χ0n) is 8.47. The molecule has 2 atom stereocenters. The lowest BCUT2D eigenvalue weighted by Gasteiger charge is -2.31. The van der Waals surface area contributed by atoms with Crippen LogP contribution in [0.2, 0.25) is 0 Å². The molecule has 0 aromatic heterocycles. The van der Waals surface area contributed by atoms with Crippen molar-refractivity contribution in [3.8, 4) is 0 Å². The molecule has 2 unspecified atom stereocenters. The minimum Gasteiger partial charge on any atom is -0.394 e. The van der Waals surface area contributed by atoms with Crippen LogP contribution in [0.5, 0.6) is 0 Å². The first-order valence-electron chi connectivity index (χ1n) is 4.65. The molecule has 14 heavy (non-hydrogen) atoms. The van der Waals surface area contributed by atoms with Crippen LogP contribution in [-0.4, -0.2) is 53.5 Å². The van der Waals surface area contributed by atoms with Gasteiger partial charge < -0.3 is 10.2 Å². The summed E-state index contributed by atoms with van der Waals surface area (Å²) in [4.78, 5) is 0. The molecule has 2 N–H and O–H groups in total. The van der Waals surface area contributed by atoms with Crippen molar-refractivity contribution in [1.29, 1.82) is 0 Å². The van der Waals surface area contributed by atoms with E-state index in [4.69, 9.17) is 5.11 Å². The maximum atomic E-state index is 11.6. The van der Waals surface area contributed by atoms with Crippen LogP contribution in [0.3, 0.4) is 0 Å². The summed E-state index contributed by atoms with van der Waals surface area (Å²) in [5, 5.41) is 18.6. The quantitative estimate of drug-likeness (QED) is 0.653. The van der Waals surface area contributed by atoms with E-state index in [9.17, 15) is 13.5 Å². The van der Waals surface area contributed by atoms with Gasteiger partial charge in [-0.05, 0) is 20.3 Å². The Morgan fingerprint density at radius 2 is 2.14 bits per heavy atom. The van der Waals surface area contributed by atoms with Crippen LogP contribution in [0, 0.1) is 0 Å². The summed E-state index contributed by atoms with van der Waals surface area (Å²) in [6.45, 7) is 3.03. The lowest BCUT2D eigenvalue weighted by atomic mass is 10.0. The Hall–Kier alpha value is -0.170. The first-order chi connectivity index (χ1) is 6.35. The van der Waals surface area contributed by atoms with Crippen molar-refractivity contribution in [1.82, 2.24) is 4.31 Å². The molecule has 1 aliphatic heterocycles. The fourth-order valence-corrected chi connectivity index (χ4v) is 3.35. The van der Waals surface area contributed by atoms with Crippen molar-refractivity contribution >= 4 is 10.0 Å². The van der Waals surface area contributed by atoms with Gasteiger partial charge in [0, 0.05) is 6.54 Å². The number of hydrogen-bond donors (Lipinski definition) is 2. The molecule has 0 spiro atoms. The number of sulfonamides is 1. The van der Waals surface area contributed by atoms with E-state index in [0.29, 0.717) is 6.42 Å². The van der Waals surface area contributed by atoms with Crippen molar-refractivity contribution in [2.75, 3.05) is 18.9 Å². The van der Waals surface area contributed by atoms with Gasteiger partial charge in [-0.25, -0.2) is 8.42 Å². The van der Waals surface area contributed by atoms with Gasteiger partial charge in [-0.1, -0.05) is 0 Å². The molecule has 6 heteroatoms. The second kappa shape index (κ2) is 3.77. The number of β-amino-alcohol motifs (C(OH)–C–C–N with tert-alkyl or cyclic N) is 1. The van der Waals surface area contributed by atoms with E-state index in [1.54, 1.807) is 13.8 Å². The van der Waals surface area contributed by atoms with E-state index in [0.717, 1.165) is 0 Å². The van der Waals surface area contributed by atoms with Gasteiger partial charge in [-0.3, -0.25) is 0 Å². The van der Waals surface area contributed by atoms with Gasteiger partial charge >= 0.3 is 0 Å². The number of rotatable bonds is 3. The van der Waals surface area contributed by atoms with Gasteiger partial charge in [0.1, 0.15) is 0 Å². The first-order valence-corrected chi connectivity index (χ1v) is 6.26. The third-order valence-electron chi connectivity index (χ3n) is 2.70. The monoisotopic (exact) mass is 223 g/mol. The van der Waals surface area contributed by atoms with Crippen LogP contribution in [0.1, 0.15) is 20.3 Å². The predicted octanol–water partition coefficient (Wildman–Crippen LogP) is -0.846. The van der Waals surface area contributed by atoms with E-state index >= 15 is 0 Å². The minimum absolute atomic E-state index is 0.00465. The summed E-state index contributed by atoms with van der Waals surface area (Å²) >= 11 is 0. The number of aliphatic hydroxyl groups excluding tert-OH is 2. The van der Waals surface area contributed by atoms with Gasteiger partial charge in [0.05, 0.1) is 24.0 Å². The molecule has 1 heterocycles. The molecule has 0 saturated carbocycles. The first kappa shape index (κ1) is 11.9. The Bertz CT molecular complexity index is 302. The van der Waals surface area contributed by atoms with Crippen LogP contribution >= 0.6 is 0 Å². The number of aliphatic hydroxyl groups is 2. The van der Waals surface area contributed by atoms with Gasteiger partial charge in [-0.15, -0.1) is 0 Å². The van der Waals surface area contributed by atoms with Gasteiger partial charge in [0.25, 0.3) is 0 Å². The summed E-state index contributed by atoms with van der Waals surface area (Å²) in [6.07, 6.45) is -0.378. The molecule has 84 valence electrons. The summed E-state index contributed by atoms with van der Waals surface area (Å²) in [6, 6.07) is 0. The highest BCUT2D eigenvalue weighted by Gasteiger charge is 2.46. The van der Waals surface area contributed by atoms with Crippen LogP contribution < -0.4 is 0 Å². The smallest absolute Gasteiger partial charge is 0.214 e. The number of hydrogen-bond acceptors (Lipinski definition) is 4. The van der Waals surface area contributed by atoms with Crippen molar-refractivity contribution in [3.05, 3.63) is 0 Å². The van der Waals surface area contributed by atoms with Crippen LogP contribution in [-0.2, 0) is 10.0 Å². The molecule has 1 fully saturated rings. The van der Waals surface area contributed by atoms with Crippen molar-refractivity contribution < 1.29 is 18.6 Å². The van der Waals surface area contributed by atoms with E-state index in [1.807, 2.05) is 0 Å². The van der Waals surface area contributed by atoms with Crippen LogP contribution in [0.4, 0.5) is 0 Å². The average Bonchev–Trinajstić information content (AvgIpc) is 2.43. The minimum atomic E-state index is -3.34. The summed E-state index contributed by atoms with van der Waals surface area (Å²) in [5.41, 5.74) is -0.839. The molecular formula is C8H17NO4S. The fourth-order valence-electron chi connectivity index (χ4n) is 1.83. The highest BCUT2D eigenvalue weighted by Crippen LogP contribution is 2.31. The van der Waals surface area contributed by atoms with E-state index in [1.165, 1.54) is 4.31 Å². The van der Waals surface area contributed by atoms with E-state index in [-0.39, 0.29) is 18.9 Å². The highest BCUT2D eigenvalue weighted by molar-refractivity contribution is 7.89. The third kappa shape index (κ3) is 1.93. The van der Waals surface area contributed by atoms with E-state index < -0.39 is 21.7 Å². The predicted molar refractivity (Wildman–Crippen MR) is 52.3 cm³/mol. The lowest BCUT2D eigenvalue weighted by Crippen LogP contribution is -2.48. The molecule has 0 aliphatic carbocycles. The molecule has 0 amide bonds. The largest absolute Gasteiger partial charge is 0.394 e. The molecule has 0 aromatic carbocycles. The molecule has 1 rings (SSSR count). The standard InChI is InChI=1S/C8H17NO4S/c1-3-14(12,13)9-5-7(11)4-8(9,2)6-10/h7,10-11H,3-6H2,1-2H3. The van der Waals surface area contributed by atoms with Crippen molar-refractivity contribution in [3.63, 3.8) is 0 Å². The van der Waals surface area contributed by atoms with Crippen LogP contribution in [0.15, 0.2) is 0 Å². The maximum Gasteiger partial charge on any atom is 0.214 e. The SMILES string of the molecule is CCS(=O)(=O)N1CC(O)CC1(C)CO. The molecule has 0 bridgehead atoms. The molecule has 5 nitrogen and oxygen atoms in total. The van der Waals surface area contributed by atoms with Crippen LogP contribution in [0.25, 0.3) is 0 Å². The maximum absolute atomic E-state index is 11.6. The third-order valence-corrected chi connectivity index (χ3v) is 4.69. The van der Waals surface area contributed by atoms with Gasteiger partial charge in [-0.2, -0.15) is 4.31 Å². The Labute approximate surface area is 84.4 Å². The molecule has 0 aromatic rings. The zero-order chi connectivity index (χ0) is 11.0.